The van der Waals surface area contributed by atoms with Gasteiger partial charge in [-0.3, -0.25) is 5.10 Å². The highest BCUT2D eigenvalue weighted by molar-refractivity contribution is 5.22. The van der Waals surface area contributed by atoms with E-state index in [1.165, 1.54) is 25.3 Å². The molecule has 0 amide bonds. The van der Waals surface area contributed by atoms with Gasteiger partial charge in [-0.2, -0.15) is 18.3 Å². The van der Waals surface area contributed by atoms with Crippen molar-refractivity contribution in [1.29, 1.82) is 0 Å². The van der Waals surface area contributed by atoms with E-state index in [2.05, 4.69) is 24.0 Å². The van der Waals surface area contributed by atoms with Gasteiger partial charge in [0.05, 0.1) is 6.10 Å². The van der Waals surface area contributed by atoms with E-state index in [0.717, 1.165) is 38.5 Å². The lowest BCUT2D eigenvalue weighted by Gasteiger charge is -2.61. The first-order valence-corrected chi connectivity index (χ1v) is 11.4. The van der Waals surface area contributed by atoms with E-state index in [9.17, 15) is 18.3 Å². The highest BCUT2D eigenvalue weighted by Crippen LogP contribution is 2.68. The fourth-order valence-electron chi connectivity index (χ4n) is 8.41. The number of aromatic amines is 1. The summed E-state index contributed by atoms with van der Waals surface area (Å²) in [6.07, 6.45) is 5.27. The van der Waals surface area contributed by atoms with Gasteiger partial charge in [-0.1, -0.05) is 13.8 Å². The van der Waals surface area contributed by atoms with Gasteiger partial charge >= 0.3 is 6.18 Å². The maximum absolute atomic E-state index is 13.1. The molecule has 8 atom stereocenters. The van der Waals surface area contributed by atoms with Crippen LogP contribution < -0.4 is 0 Å². The van der Waals surface area contributed by atoms with Gasteiger partial charge in [0, 0.05) is 11.6 Å². The van der Waals surface area contributed by atoms with Gasteiger partial charge < -0.3 is 5.11 Å². The Morgan fingerprint density at radius 2 is 1.72 bits per heavy atom. The van der Waals surface area contributed by atoms with Gasteiger partial charge in [-0.15, -0.1) is 0 Å². The topological polar surface area (TPSA) is 48.9 Å². The van der Waals surface area contributed by atoms with E-state index in [1.807, 2.05) is 0 Å². The number of hydrogen-bond donors (Lipinski definition) is 2. The number of hydrogen-bond acceptors (Lipinski definition) is 2. The summed E-state index contributed by atoms with van der Waals surface area (Å²) in [5.41, 5.74) is 0.288. The Morgan fingerprint density at radius 3 is 2.45 bits per heavy atom. The highest BCUT2D eigenvalue weighted by Gasteiger charge is 2.60. The van der Waals surface area contributed by atoms with Crippen LogP contribution in [0.15, 0.2) is 6.07 Å². The predicted octanol–water partition coefficient (Wildman–Crippen LogP) is 5.92. The molecule has 4 aliphatic rings. The molecule has 1 heterocycles. The van der Waals surface area contributed by atoms with E-state index < -0.39 is 11.9 Å². The Morgan fingerprint density at radius 1 is 1.00 bits per heavy atom. The van der Waals surface area contributed by atoms with Gasteiger partial charge in [0.1, 0.15) is 0 Å². The van der Waals surface area contributed by atoms with Crippen LogP contribution in [0.25, 0.3) is 0 Å². The predicted molar refractivity (Wildman–Crippen MR) is 104 cm³/mol. The Hall–Kier alpha value is -1.04. The lowest BCUT2D eigenvalue weighted by atomic mass is 9.44. The van der Waals surface area contributed by atoms with Crippen LogP contribution in [0.4, 0.5) is 13.2 Å². The molecule has 3 nitrogen and oxygen atoms in total. The first-order chi connectivity index (χ1) is 13.6. The first kappa shape index (κ1) is 19.9. The maximum atomic E-state index is 13.1. The molecule has 0 bridgehead atoms. The number of aliphatic hydroxyl groups is 1. The second kappa shape index (κ2) is 6.48. The average Bonchev–Trinajstić information content (AvgIpc) is 3.26. The third kappa shape index (κ3) is 2.91. The Labute approximate surface area is 170 Å². The zero-order chi connectivity index (χ0) is 20.6. The quantitative estimate of drug-likeness (QED) is 0.604. The summed E-state index contributed by atoms with van der Waals surface area (Å²) in [4.78, 5) is 0. The van der Waals surface area contributed by atoms with Crippen molar-refractivity contribution in [3.8, 4) is 0 Å². The highest BCUT2D eigenvalue weighted by atomic mass is 19.4. The Kier molecular flexibility index (Phi) is 4.44. The first-order valence-electron chi connectivity index (χ1n) is 11.4. The molecule has 1 aromatic rings. The average molecular weight is 411 g/mol. The van der Waals surface area contributed by atoms with Crippen molar-refractivity contribution in [1.82, 2.24) is 10.2 Å². The molecule has 162 valence electrons. The standard InChI is InChI=1S/C23H33F3N2O/c1-21-9-7-14(29)11-13(21)3-4-15-16-5-6-18(22(16,2)10-8-17(15)21)19-12-20(28-27-19)23(24,25)26/h12-18,29H,3-11H2,1-2H3,(H,27,28)/t13-,14-,15-,16-,17-,18+,21-,22-/m0/s1. The summed E-state index contributed by atoms with van der Waals surface area (Å²) in [5, 5.41) is 16.5. The number of halogens is 3. The van der Waals surface area contributed by atoms with E-state index in [0.29, 0.717) is 34.8 Å². The van der Waals surface area contributed by atoms with Gasteiger partial charge in [-0.25, -0.2) is 0 Å². The van der Waals surface area contributed by atoms with Crippen molar-refractivity contribution in [2.24, 2.45) is 34.5 Å². The van der Waals surface area contributed by atoms with Crippen molar-refractivity contribution < 1.29 is 18.3 Å². The normalized spacial score (nSPS) is 47.4. The van der Waals surface area contributed by atoms with Crippen LogP contribution in [0, 0.1) is 34.5 Å². The number of rotatable bonds is 1. The molecule has 4 saturated carbocycles. The molecule has 0 spiro atoms. The minimum Gasteiger partial charge on any atom is -0.393 e. The van der Waals surface area contributed by atoms with Crippen LogP contribution in [0.3, 0.4) is 0 Å². The van der Waals surface area contributed by atoms with Crippen LogP contribution in [0.5, 0.6) is 0 Å². The summed E-state index contributed by atoms with van der Waals surface area (Å²) < 4.78 is 39.2. The lowest BCUT2D eigenvalue weighted by molar-refractivity contribution is -0.141. The summed E-state index contributed by atoms with van der Waals surface area (Å²) in [7, 11) is 0. The maximum Gasteiger partial charge on any atom is 0.435 e. The fourth-order valence-corrected chi connectivity index (χ4v) is 8.41. The van der Waals surface area contributed by atoms with Crippen LogP contribution in [0.1, 0.15) is 88.9 Å². The van der Waals surface area contributed by atoms with Crippen LogP contribution in [-0.2, 0) is 6.18 Å². The minimum atomic E-state index is -4.39. The van der Waals surface area contributed by atoms with Crippen molar-refractivity contribution in [3.63, 3.8) is 0 Å². The molecule has 29 heavy (non-hydrogen) atoms. The van der Waals surface area contributed by atoms with Gasteiger partial charge in [-0.05, 0) is 98.4 Å². The lowest BCUT2D eigenvalue weighted by Crippen LogP contribution is -2.53. The minimum absolute atomic E-state index is 0.0634. The summed E-state index contributed by atoms with van der Waals surface area (Å²) in [6.45, 7) is 4.80. The van der Waals surface area contributed by atoms with E-state index in [1.54, 1.807) is 0 Å². The number of nitrogens with one attached hydrogen (secondary N) is 1. The molecule has 4 aliphatic carbocycles. The molecule has 0 aromatic carbocycles. The van der Waals surface area contributed by atoms with Gasteiger partial charge in [0.25, 0.3) is 0 Å². The number of aliphatic hydroxyl groups excluding tert-OH is 1. The third-order valence-electron chi connectivity index (χ3n) is 9.90. The van der Waals surface area contributed by atoms with Gasteiger partial charge in [0.15, 0.2) is 5.69 Å². The SMILES string of the molecule is C[C@]12CC[C@H](O)C[C@@H]1CC[C@@H]1[C@@H]2CC[C@]2(C)[C@@H](c3cc(C(F)(F)F)n[nH]3)CC[C@@H]12. The molecular weight excluding hydrogens is 377 g/mol. The second-order valence-corrected chi connectivity index (χ2v) is 11.0. The van der Waals surface area contributed by atoms with Crippen LogP contribution in [0.2, 0.25) is 0 Å². The number of fused-ring (bicyclic) bond motifs is 5. The molecule has 6 heteroatoms. The molecule has 0 unspecified atom stereocenters. The third-order valence-corrected chi connectivity index (χ3v) is 9.90. The van der Waals surface area contributed by atoms with Crippen molar-refractivity contribution in [2.45, 2.75) is 89.8 Å². The van der Waals surface area contributed by atoms with Crippen LogP contribution >= 0.6 is 0 Å². The van der Waals surface area contributed by atoms with E-state index in [4.69, 9.17) is 0 Å². The number of aromatic nitrogens is 2. The smallest absolute Gasteiger partial charge is 0.393 e. The summed E-state index contributed by atoms with van der Waals surface area (Å²) in [5.74, 6) is 2.76. The Balaban J connectivity index is 1.40. The van der Waals surface area contributed by atoms with Gasteiger partial charge in [0.2, 0.25) is 0 Å². The summed E-state index contributed by atoms with van der Waals surface area (Å²) >= 11 is 0. The number of H-pyrrole nitrogens is 1. The number of alkyl halides is 3. The zero-order valence-corrected chi connectivity index (χ0v) is 17.4. The van der Waals surface area contributed by atoms with E-state index >= 15 is 0 Å². The van der Waals surface area contributed by atoms with Crippen LogP contribution in [-0.4, -0.2) is 21.4 Å². The van der Waals surface area contributed by atoms with Crippen molar-refractivity contribution >= 4 is 0 Å². The molecule has 4 fully saturated rings. The molecule has 0 radical (unpaired) electrons. The molecule has 0 saturated heterocycles. The summed E-state index contributed by atoms with van der Waals surface area (Å²) in [6, 6.07) is 1.26. The molecule has 2 N–H and O–H groups in total. The molecular formula is C23H33F3N2O. The monoisotopic (exact) mass is 410 g/mol. The molecule has 1 aromatic heterocycles. The van der Waals surface area contributed by atoms with E-state index in [-0.39, 0.29) is 17.4 Å². The Bertz CT molecular complexity index is 776. The molecule has 0 aliphatic heterocycles. The largest absolute Gasteiger partial charge is 0.435 e. The van der Waals surface area contributed by atoms with Crippen molar-refractivity contribution in [2.75, 3.05) is 0 Å². The fraction of sp³-hybridized carbons (Fsp3) is 0.870. The zero-order valence-electron chi connectivity index (χ0n) is 17.4. The molecule has 5 rings (SSSR count). The van der Waals surface area contributed by atoms with Crippen molar-refractivity contribution in [3.05, 3.63) is 17.5 Å². The second-order valence-electron chi connectivity index (χ2n) is 11.0. The number of nitrogens with zero attached hydrogens (tertiary/aromatic N) is 1.